The van der Waals surface area contributed by atoms with Gasteiger partial charge >= 0.3 is 0 Å². The normalized spacial score (nSPS) is 12.5. The second-order valence-electron chi connectivity index (χ2n) is 5.89. The third-order valence-electron chi connectivity index (χ3n) is 4.48. The summed E-state index contributed by atoms with van der Waals surface area (Å²) in [5, 5.41) is 16.9. The van der Waals surface area contributed by atoms with Gasteiger partial charge in [0.05, 0.1) is 4.92 Å². The molecule has 4 nitrogen and oxygen atoms in total. The van der Waals surface area contributed by atoms with Crippen molar-refractivity contribution >= 4 is 22.1 Å². The molecule has 0 saturated heterocycles. The standard InChI is InChI=1S/C19H16N2O2/c22-21(23)16-5-1-3-13(11-16)12-20-18-10-9-15-8-7-14-4-2-6-17(18)19(14)15/h1-6,9-11,20H,7-8,12H2. The molecular weight excluding hydrogens is 288 g/mol. The van der Waals surface area contributed by atoms with Gasteiger partial charge in [-0.15, -0.1) is 0 Å². The van der Waals surface area contributed by atoms with E-state index in [-0.39, 0.29) is 10.6 Å². The van der Waals surface area contributed by atoms with E-state index in [9.17, 15) is 10.1 Å². The Balaban J connectivity index is 1.64. The second kappa shape index (κ2) is 5.39. The summed E-state index contributed by atoms with van der Waals surface area (Å²) in [7, 11) is 0. The Bertz CT molecular complexity index is 908. The highest BCUT2D eigenvalue weighted by Gasteiger charge is 2.15. The highest BCUT2D eigenvalue weighted by Crippen LogP contribution is 2.35. The minimum absolute atomic E-state index is 0.129. The molecule has 0 atom stereocenters. The predicted octanol–water partition coefficient (Wildman–Crippen LogP) is 4.46. The lowest BCUT2D eigenvalue weighted by molar-refractivity contribution is -0.384. The molecule has 1 aliphatic carbocycles. The quantitative estimate of drug-likeness (QED) is 0.572. The number of anilines is 1. The zero-order chi connectivity index (χ0) is 15.8. The van der Waals surface area contributed by atoms with E-state index in [2.05, 4.69) is 35.6 Å². The summed E-state index contributed by atoms with van der Waals surface area (Å²) in [5.74, 6) is 0. The average Bonchev–Trinajstić information content (AvgIpc) is 3.00. The van der Waals surface area contributed by atoms with Crippen LogP contribution in [0.3, 0.4) is 0 Å². The van der Waals surface area contributed by atoms with Crippen LogP contribution in [0.4, 0.5) is 11.4 Å². The van der Waals surface area contributed by atoms with E-state index in [1.54, 1.807) is 12.1 Å². The van der Waals surface area contributed by atoms with Gasteiger partial charge in [0.25, 0.3) is 5.69 Å². The number of nitrogens with one attached hydrogen (secondary N) is 1. The van der Waals surface area contributed by atoms with Gasteiger partial charge in [-0.2, -0.15) is 0 Å². The lowest BCUT2D eigenvalue weighted by Crippen LogP contribution is -2.01. The monoisotopic (exact) mass is 304 g/mol. The van der Waals surface area contributed by atoms with Crippen LogP contribution in [0.1, 0.15) is 16.7 Å². The number of rotatable bonds is 4. The highest BCUT2D eigenvalue weighted by atomic mass is 16.6. The van der Waals surface area contributed by atoms with Gasteiger partial charge in [0.1, 0.15) is 0 Å². The van der Waals surface area contributed by atoms with E-state index in [4.69, 9.17) is 0 Å². The molecule has 1 N–H and O–H groups in total. The molecule has 0 unspecified atom stereocenters. The second-order valence-corrected chi connectivity index (χ2v) is 5.89. The number of nitro benzene ring substituents is 1. The van der Waals surface area contributed by atoms with Crippen molar-refractivity contribution < 1.29 is 4.92 Å². The zero-order valence-corrected chi connectivity index (χ0v) is 12.6. The van der Waals surface area contributed by atoms with Crippen LogP contribution in [0.25, 0.3) is 10.8 Å². The minimum atomic E-state index is -0.359. The third kappa shape index (κ3) is 2.42. The molecule has 3 aromatic carbocycles. The SMILES string of the molecule is O=[N+]([O-])c1cccc(CNc2ccc3c4c(cccc24)CC3)c1. The maximum absolute atomic E-state index is 10.9. The molecule has 114 valence electrons. The minimum Gasteiger partial charge on any atom is -0.380 e. The molecule has 23 heavy (non-hydrogen) atoms. The van der Waals surface area contributed by atoms with Gasteiger partial charge in [-0.3, -0.25) is 10.1 Å². The summed E-state index contributed by atoms with van der Waals surface area (Å²) in [6.07, 6.45) is 2.22. The molecule has 3 aromatic rings. The Morgan fingerprint density at radius 3 is 2.61 bits per heavy atom. The van der Waals surface area contributed by atoms with E-state index < -0.39 is 0 Å². The maximum Gasteiger partial charge on any atom is 0.269 e. The summed E-state index contributed by atoms with van der Waals surface area (Å²) in [4.78, 5) is 10.5. The van der Waals surface area contributed by atoms with Crippen molar-refractivity contribution in [2.24, 2.45) is 0 Å². The van der Waals surface area contributed by atoms with Crippen molar-refractivity contribution in [1.29, 1.82) is 0 Å². The molecule has 0 amide bonds. The first-order valence-corrected chi connectivity index (χ1v) is 7.73. The number of nitrogens with zero attached hydrogens (tertiary/aromatic N) is 1. The van der Waals surface area contributed by atoms with Crippen LogP contribution in [0.5, 0.6) is 0 Å². The Hall–Kier alpha value is -2.88. The van der Waals surface area contributed by atoms with Crippen LogP contribution in [0.2, 0.25) is 0 Å². The van der Waals surface area contributed by atoms with Crippen LogP contribution in [-0.2, 0) is 19.4 Å². The van der Waals surface area contributed by atoms with Crippen molar-refractivity contribution in [2.45, 2.75) is 19.4 Å². The summed E-state index contributed by atoms with van der Waals surface area (Å²) < 4.78 is 0. The summed E-state index contributed by atoms with van der Waals surface area (Å²) in [6, 6.07) is 17.5. The van der Waals surface area contributed by atoms with Gasteiger partial charge in [0.15, 0.2) is 0 Å². The third-order valence-corrected chi connectivity index (χ3v) is 4.48. The predicted molar refractivity (Wildman–Crippen MR) is 91.8 cm³/mol. The molecule has 0 saturated carbocycles. The number of nitro groups is 1. The molecule has 0 fully saturated rings. The number of aryl methyl sites for hydroxylation is 2. The topological polar surface area (TPSA) is 55.2 Å². The van der Waals surface area contributed by atoms with Crippen molar-refractivity contribution in [3.63, 3.8) is 0 Å². The average molecular weight is 304 g/mol. The molecule has 4 rings (SSSR count). The Labute approximate surface area is 133 Å². The summed E-state index contributed by atoms with van der Waals surface area (Å²) in [5.41, 5.74) is 4.94. The lowest BCUT2D eigenvalue weighted by atomic mass is 10.0. The van der Waals surface area contributed by atoms with Gasteiger partial charge in [-0.25, -0.2) is 0 Å². The molecule has 0 heterocycles. The first kappa shape index (κ1) is 13.8. The largest absolute Gasteiger partial charge is 0.380 e. The summed E-state index contributed by atoms with van der Waals surface area (Å²) in [6.45, 7) is 0.570. The maximum atomic E-state index is 10.9. The van der Waals surface area contributed by atoms with Gasteiger partial charge < -0.3 is 5.32 Å². The van der Waals surface area contributed by atoms with Crippen LogP contribution in [0.15, 0.2) is 54.6 Å². The van der Waals surface area contributed by atoms with E-state index in [0.29, 0.717) is 6.54 Å². The molecule has 0 bridgehead atoms. The lowest BCUT2D eigenvalue weighted by Gasteiger charge is -2.11. The van der Waals surface area contributed by atoms with Gasteiger partial charge in [0, 0.05) is 29.8 Å². The molecular formula is C19H16N2O2. The van der Waals surface area contributed by atoms with Gasteiger partial charge in [-0.05, 0) is 41.0 Å². The Morgan fingerprint density at radius 1 is 1.00 bits per heavy atom. The van der Waals surface area contributed by atoms with Gasteiger partial charge in [0.2, 0.25) is 0 Å². The smallest absolute Gasteiger partial charge is 0.269 e. The number of hydrogen-bond donors (Lipinski definition) is 1. The zero-order valence-electron chi connectivity index (χ0n) is 12.6. The van der Waals surface area contributed by atoms with Crippen molar-refractivity contribution in [3.8, 4) is 0 Å². The van der Waals surface area contributed by atoms with Crippen molar-refractivity contribution in [3.05, 3.63) is 81.4 Å². The van der Waals surface area contributed by atoms with Gasteiger partial charge in [-0.1, -0.05) is 36.4 Å². The Kier molecular flexibility index (Phi) is 3.23. The van der Waals surface area contributed by atoms with Crippen LogP contribution < -0.4 is 5.32 Å². The van der Waals surface area contributed by atoms with E-state index in [1.807, 2.05) is 6.07 Å². The molecule has 0 aromatic heterocycles. The van der Waals surface area contributed by atoms with E-state index in [0.717, 1.165) is 24.1 Å². The number of benzene rings is 3. The molecule has 4 heteroatoms. The molecule has 0 radical (unpaired) electrons. The number of non-ortho nitro benzene ring substituents is 1. The first-order chi connectivity index (χ1) is 11.2. The highest BCUT2D eigenvalue weighted by molar-refractivity contribution is 5.99. The first-order valence-electron chi connectivity index (χ1n) is 7.73. The molecule has 0 aliphatic heterocycles. The summed E-state index contributed by atoms with van der Waals surface area (Å²) >= 11 is 0. The Morgan fingerprint density at radius 2 is 1.78 bits per heavy atom. The van der Waals surface area contributed by atoms with Crippen LogP contribution in [-0.4, -0.2) is 4.92 Å². The van der Waals surface area contributed by atoms with Crippen LogP contribution >= 0.6 is 0 Å². The number of hydrogen-bond acceptors (Lipinski definition) is 3. The molecule has 0 spiro atoms. The van der Waals surface area contributed by atoms with Crippen molar-refractivity contribution in [1.82, 2.24) is 0 Å². The van der Waals surface area contributed by atoms with E-state index in [1.165, 1.54) is 28.0 Å². The fraction of sp³-hybridized carbons (Fsp3) is 0.158. The van der Waals surface area contributed by atoms with E-state index >= 15 is 0 Å². The fourth-order valence-electron chi connectivity index (χ4n) is 3.38. The molecule has 1 aliphatic rings. The van der Waals surface area contributed by atoms with Crippen molar-refractivity contribution in [2.75, 3.05) is 5.32 Å². The fourth-order valence-corrected chi connectivity index (χ4v) is 3.38. The van der Waals surface area contributed by atoms with Crippen LogP contribution in [0, 0.1) is 10.1 Å².